The van der Waals surface area contributed by atoms with Crippen LogP contribution in [0.15, 0.2) is 36.4 Å². The molecule has 0 unspecified atom stereocenters. The molecule has 0 saturated carbocycles. The van der Waals surface area contributed by atoms with E-state index in [1.54, 1.807) is 12.1 Å². The summed E-state index contributed by atoms with van der Waals surface area (Å²) in [6, 6.07) is 7.63. The van der Waals surface area contributed by atoms with Crippen molar-refractivity contribution < 1.29 is 18.0 Å². The third kappa shape index (κ3) is 3.61. The van der Waals surface area contributed by atoms with Crippen LogP contribution in [0.2, 0.25) is 0 Å². The number of hydrogen-bond donors (Lipinski definition) is 2. The van der Waals surface area contributed by atoms with Gasteiger partial charge in [0, 0.05) is 17.7 Å². The van der Waals surface area contributed by atoms with Gasteiger partial charge in [0.1, 0.15) is 5.82 Å². The first-order valence-corrected chi connectivity index (χ1v) is 6.26. The van der Waals surface area contributed by atoms with Crippen LogP contribution in [0.4, 0.5) is 18.9 Å². The maximum Gasteiger partial charge on any atom is 0.255 e. The lowest BCUT2D eigenvalue weighted by Gasteiger charge is -2.08. The molecule has 1 amide bonds. The van der Waals surface area contributed by atoms with E-state index in [1.807, 2.05) is 0 Å². The molecule has 0 atom stereocenters. The highest BCUT2D eigenvalue weighted by molar-refractivity contribution is 6.04. The minimum absolute atomic E-state index is 0.250. The number of nitrogens with one attached hydrogen (secondary N) is 1. The molecule has 6 heteroatoms. The van der Waals surface area contributed by atoms with Crippen LogP contribution in [0.25, 0.3) is 0 Å². The Bertz CT molecular complexity index is 657. The Kier molecular flexibility index (Phi) is 4.59. The second-order valence-corrected chi connectivity index (χ2v) is 4.44. The van der Waals surface area contributed by atoms with Gasteiger partial charge in [-0.1, -0.05) is 12.1 Å². The summed E-state index contributed by atoms with van der Waals surface area (Å²) in [6.07, 6.45) is 0.672. The van der Waals surface area contributed by atoms with Crippen LogP contribution in [0, 0.1) is 17.5 Å². The van der Waals surface area contributed by atoms with E-state index in [0.29, 0.717) is 19.0 Å². The number of anilines is 1. The quantitative estimate of drug-likeness (QED) is 0.852. The third-order valence-electron chi connectivity index (χ3n) is 2.89. The summed E-state index contributed by atoms with van der Waals surface area (Å²) in [6.45, 7) is 0.485. The Morgan fingerprint density at radius 2 is 1.76 bits per heavy atom. The van der Waals surface area contributed by atoms with Crippen molar-refractivity contribution in [3.63, 3.8) is 0 Å². The smallest absolute Gasteiger partial charge is 0.255 e. The van der Waals surface area contributed by atoms with Crippen molar-refractivity contribution in [2.75, 3.05) is 11.9 Å². The second kappa shape index (κ2) is 6.41. The molecule has 2 aromatic carbocycles. The average Bonchev–Trinajstić information content (AvgIpc) is 2.45. The van der Waals surface area contributed by atoms with E-state index in [1.165, 1.54) is 12.1 Å². The molecule has 3 N–H and O–H groups in total. The first kappa shape index (κ1) is 15.1. The molecule has 0 aliphatic rings. The fraction of sp³-hybridized carbons (Fsp3) is 0.133. The zero-order chi connectivity index (χ0) is 15.4. The topological polar surface area (TPSA) is 55.1 Å². The first-order chi connectivity index (χ1) is 10.0. The van der Waals surface area contributed by atoms with E-state index in [2.05, 4.69) is 5.32 Å². The van der Waals surface area contributed by atoms with Gasteiger partial charge in [-0.25, -0.2) is 13.2 Å². The Morgan fingerprint density at radius 3 is 2.38 bits per heavy atom. The average molecular weight is 294 g/mol. The van der Waals surface area contributed by atoms with Gasteiger partial charge < -0.3 is 11.1 Å². The number of benzene rings is 2. The van der Waals surface area contributed by atoms with E-state index < -0.39 is 29.0 Å². The highest BCUT2D eigenvalue weighted by Gasteiger charge is 2.14. The van der Waals surface area contributed by atoms with Crippen LogP contribution in [-0.2, 0) is 6.42 Å². The van der Waals surface area contributed by atoms with Crippen molar-refractivity contribution in [1.82, 2.24) is 0 Å². The Balaban J connectivity index is 2.18. The van der Waals surface area contributed by atoms with Crippen LogP contribution in [0.5, 0.6) is 0 Å². The van der Waals surface area contributed by atoms with Crippen molar-refractivity contribution in [3.05, 3.63) is 65.0 Å². The lowest BCUT2D eigenvalue weighted by Crippen LogP contribution is -2.14. The molecule has 3 nitrogen and oxygen atoms in total. The van der Waals surface area contributed by atoms with Gasteiger partial charge in [-0.2, -0.15) is 0 Å². The summed E-state index contributed by atoms with van der Waals surface area (Å²) in [5.74, 6) is -4.28. The van der Waals surface area contributed by atoms with Gasteiger partial charge in [-0.05, 0) is 30.7 Å². The van der Waals surface area contributed by atoms with E-state index in [-0.39, 0.29) is 5.56 Å². The zero-order valence-electron chi connectivity index (χ0n) is 11.0. The van der Waals surface area contributed by atoms with Crippen LogP contribution < -0.4 is 11.1 Å². The molecule has 0 aliphatic heterocycles. The van der Waals surface area contributed by atoms with E-state index >= 15 is 0 Å². The highest BCUT2D eigenvalue weighted by atomic mass is 19.2. The number of amides is 1. The number of hydrogen-bond acceptors (Lipinski definition) is 2. The van der Waals surface area contributed by atoms with Crippen LogP contribution >= 0.6 is 0 Å². The maximum absolute atomic E-state index is 13.5. The van der Waals surface area contributed by atoms with E-state index in [4.69, 9.17) is 5.73 Å². The van der Waals surface area contributed by atoms with E-state index in [9.17, 15) is 18.0 Å². The number of carbonyl (C=O) groups excluding carboxylic acids is 1. The minimum Gasteiger partial charge on any atom is -0.330 e. The molecule has 0 radical (unpaired) electrons. The third-order valence-corrected chi connectivity index (χ3v) is 2.89. The summed E-state index contributed by atoms with van der Waals surface area (Å²) in [7, 11) is 0. The monoisotopic (exact) mass is 294 g/mol. The first-order valence-electron chi connectivity index (χ1n) is 6.26. The summed E-state index contributed by atoms with van der Waals surface area (Å²) in [4.78, 5) is 11.9. The molecule has 0 fully saturated rings. The molecule has 0 bridgehead atoms. The molecule has 0 spiro atoms. The normalized spacial score (nSPS) is 10.5. The minimum atomic E-state index is -1.36. The van der Waals surface area contributed by atoms with E-state index in [0.717, 1.165) is 11.6 Å². The predicted molar refractivity (Wildman–Crippen MR) is 73.5 cm³/mol. The number of nitrogens with two attached hydrogens (primary N) is 1. The number of carbonyl (C=O) groups is 1. The molecular formula is C15H13F3N2O. The molecule has 0 aliphatic carbocycles. The van der Waals surface area contributed by atoms with Crippen molar-refractivity contribution >= 4 is 11.6 Å². The van der Waals surface area contributed by atoms with Crippen molar-refractivity contribution in [2.24, 2.45) is 5.73 Å². The fourth-order valence-electron chi connectivity index (χ4n) is 1.83. The molecule has 110 valence electrons. The molecule has 21 heavy (non-hydrogen) atoms. The largest absolute Gasteiger partial charge is 0.330 e. The van der Waals surface area contributed by atoms with Gasteiger partial charge in [0.15, 0.2) is 11.6 Å². The van der Waals surface area contributed by atoms with Crippen LogP contribution in [0.1, 0.15) is 15.9 Å². The van der Waals surface area contributed by atoms with Gasteiger partial charge in [-0.3, -0.25) is 4.79 Å². The second-order valence-electron chi connectivity index (χ2n) is 4.44. The summed E-state index contributed by atoms with van der Waals surface area (Å²) in [5, 5.41) is 2.14. The summed E-state index contributed by atoms with van der Waals surface area (Å²) >= 11 is 0. The number of halogens is 3. The van der Waals surface area contributed by atoms with Gasteiger partial charge in [0.05, 0.1) is 5.69 Å². The Hall–Kier alpha value is -2.34. The molecule has 0 aromatic heterocycles. The Labute approximate surface area is 119 Å². The molecule has 2 rings (SSSR count). The standard InChI is InChI=1S/C15H13F3N2O/c16-11-7-12(17)14(18)13(8-11)20-15(21)10-3-1-9(2-4-10)5-6-19/h1-4,7-8H,5-6,19H2,(H,20,21). The van der Waals surface area contributed by atoms with Gasteiger partial charge >= 0.3 is 0 Å². The van der Waals surface area contributed by atoms with Crippen LogP contribution in [-0.4, -0.2) is 12.5 Å². The molecule has 2 aromatic rings. The van der Waals surface area contributed by atoms with Gasteiger partial charge in [-0.15, -0.1) is 0 Å². The lowest BCUT2D eigenvalue weighted by atomic mass is 10.1. The summed E-state index contributed by atoms with van der Waals surface area (Å²) < 4.78 is 39.5. The molecular weight excluding hydrogens is 281 g/mol. The SMILES string of the molecule is NCCc1ccc(C(=O)Nc2cc(F)cc(F)c2F)cc1. The lowest BCUT2D eigenvalue weighted by molar-refractivity contribution is 0.102. The van der Waals surface area contributed by atoms with Crippen LogP contribution in [0.3, 0.4) is 0 Å². The fourth-order valence-corrected chi connectivity index (χ4v) is 1.83. The van der Waals surface area contributed by atoms with Crippen molar-refractivity contribution in [2.45, 2.75) is 6.42 Å². The van der Waals surface area contributed by atoms with Crippen molar-refractivity contribution in [3.8, 4) is 0 Å². The van der Waals surface area contributed by atoms with Gasteiger partial charge in [0.25, 0.3) is 5.91 Å². The Morgan fingerprint density at radius 1 is 1.10 bits per heavy atom. The highest BCUT2D eigenvalue weighted by Crippen LogP contribution is 2.20. The molecule has 0 heterocycles. The molecule has 0 saturated heterocycles. The summed E-state index contributed by atoms with van der Waals surface area (Å²) in [5.41, 5.74) is 6.08. The predicted octanol–water partition coefficient (Wildman–Crippen LogP) is 2.86. The van der Waals surface area contributed by atoms with Crippen molar-refractivity contribution in [1.29, 1.82) is 0 Å². The zero-order valence-corrected chi connectivity index (χ0v) is 11.0. The van der Waals surface area contributed by atoms with Gasteiger partial charge in [0.2, 0.25) is 0 Å². The maximum atomic E-state index is 13.5. The number of rotatable bonds is 4.